The Morgan fingerprint density at radius 2 is 1.86 bits per heavy atom. The Morgan fingerprint density at radius 1 is 1.14 bits per heavy atom. The van der Waals surface area contributed by atoms with Crippen molar-refractivity contribution in [2.45, 2.75) is 19.8 Å². The molecule has 21 heavy (non-hydrogen) atoms. The van der Waals surface area contributed by atoms with E-state index in [-0.39, 0.29) is 5.91 Å². The number of hydrogen-bond acceptors (Lipinski definition) is 5. The number of carbonyl (C=O) groups is 1. The maximum Gasteiger partial charge on any atom is 0.272 e. The molecule has 0 saturated carbocycles. The monoisotopic (exact) mass is 289 g/mol. The fraction of sp³-hybridized carbons (Fsp3) is 0.667. The van der Waals surface area contributed by atoms with Crippen molar-refractivity contribution in [3.8, 4) is 0 Å². The van der Waals surface area contributed by atoms with Gasteiger partial charge in [0.2, 0.25) is 5.95 Å². The van der Waals surface area contributed by atoms with Crippen molar-refractivity contribution in [3.05, 3.63) is 18.0 Å². The molecule has 0 bridgehead atoms. The van der Waals surface area contributed by atoms with Crippen LogP contribution in [0.25, 0.3) is 0 Å². The molecule has 114 valence electrons. The predicted molar refractivity (Wildman–Crippen MR) is 81.5 cm³/mol. The van der Waals surface area contributed by atoms with Crippen molar-refractivity contribution in [2.75, 3.05) is 50.7 Å². The number of piperazine rings is 1. The Balaban J connectivity index is 1.70. The van der Waals surface area contributed by atoms with Crippen LogP contribution in [-0.4, -0.2) is 71.5 Å². The number of aromatic nitrogens is 2. The smallest absolute Gasteiger partial charge is 0.272 e. The van der Waals surface area contributed by atoms with E-state index in [1.807, 2.05) is 4.90 Å². The second kappa shape index (κ2) is 6.39. The van der Waals surface area contributed by atoms with Crippen LogP contribution in [0.5, 0.6) is 0 Å². The minimum atomic E-state index is 0.0448. The lowest BCUT2D eigenvalue weighted by Gasteiger charge is -2.34. The minimum absolute atomic E-state index is 0.0448. The molecule has 0 N–H and O–H groups in total. The molecular weight excluding hydrogens is 266 g/mol. The van der Waals surface area contributed by atoms with Gasteiger partial charge in [0.25, 0.3) is 5.91 Å². The average Bonchev–Trinajstić information content (AvgIpc) is 3.09. The summed E-state index contributed by atoms with van der Waals surface area (Å²) < 4.78 is 0. The van der Waals surface area contributed by atoms with Gasteiger partial charge >= 0.3 is 0 Å². The Labute approximate surface area is 125 Å². The second-order valence-corrected chi connectivity index (χ2v) is 5.66. The molecule has 1 amide bonds. The highest BCUT2D eigenvalue weighted by molar-refractivity contribution is 5.92. The van der Waals surface area contributed by atoms with Gasteiger partial charge in [-0.1, -0.05) is 6.92 Å². The van der Waals surface area contributed by atoms with Crippen LogP contribution in [-0.2, 0) is 0 Å². The lowest BCUT2D eigenvalue weighted by Crippen LogP contribution is -2.46. The number of anilines is 1. The lowest BCUT2D eigenvalue weighted by molar-refractivity contribution is 0.0787. The van der Waals surface area contributed by atoms with Crippen LogP contribution in [0.4, 0.5) is 5.95 Å². The molecule has 1 aromatic rings. The first-order chi connectivity index (χ1) is 10.3. The summed E-state index contributed by atoms with van der Waals surface area (Å²) in [4.78, 5) is 27.7. The number of likely N-dealkylation sites (N-methyl/N-ethyl adjacent to an activating group) is 1. The molecular formula is C15H23N5O. The van der Waals surface area contributed by atoms with Crippen molar-refractivity contribution in [1.82, 2.24) is 19.8 Å². The van der Waals surface area contributed by atoms with E-state index in [1.54, 1.807) is 12.3 Å². The van der Waals surface area contributed by atoms with E-state index in [0.29, 0.717) is 11.6 Å². The van der Waals surface area contributed by atoms with Crippen molar-refractivity contribution < 1.29 is 4.79 Å². The predicted octanol–water partition coefficient (Wildman–Crippen LogP) is 0.854. The van der Waals surface area contributed by atoms with Gasteiger partial charge in [-0.3, -0.25) is 4.79 Å². The highest BCUT2D eigenvalue weighted by Gasteiger charge is 2.23. The van der Waals surface area contributed by atoms with Gasteiger partial charge in [-0.2, -0.15) is 0 Å². The van der Waals surface area contributed by atoms with E-state index in [9.17, 15) is 4.79 Å². The van der Waals surface area contributed by atoms with Gasteiger partial charge < -0.3 is 14.7 Å². The van der Waals surface area contributed by atoms with Crippen LogP contribution in [0.2, 0.25) is 0 Å². The molecule has 0 radical (unpaired) electrons. The van der Waals surface area contributed by atoms with Crippen LogP contribution in [0.1, 0.15) is 30.3 Å². The van der Waals surface area contributed by atoms with Gasteiger partial charge in [-0.25, -0.2) is 9.97 Å². The summed E-state index contributed by atoms with van der Waals surface area (Å²) in [7, 11) is 0. The van der Waals surface area contributed by atoms with Gasteiger partial charge in [-0.15, -0.1) is 0 Å². The molecule has 2 aliphatic rings. The number of likely N-dealkylation sites (tertiary alicyclic amines) is 1. The third kappa shape index (κ3) is 3.15. The summed E-state index contributed by atoms with van der Waals surface area (Å²) in [6.45, 7) is 8.89. The zero-order valence-corrected chi connectivity index (χ0v) is 12.7. The first kappa shape index (κ1) is 14.3. The van der Waals surface area contributed by atoms with E-state index in [0.717, 1.165) is 58.7 Å². The average molecular weight is 289 g/mol. The summed E-state index contributed by atoms with van der Waals surface area (Å²) in [5, 5.41) is 0. The molecule has 3 rings (SSSR count). The Hall–Kier alpha value is -1.69. The molecule has 2 saturated heterocycles. The summed E-state index contributed by atoms with van der Waals surface area (Å²) in [6, 6.07) is 1.73. The van der Waals surface area contributed by atoms with Gasteiger partial charge in [-0.05, 0) is 25.5 Å². The van der Waals surface area contributed by atoms with Crippen molar-refractivity contribution in [1.29, 1.82) is 0 Å². The van der Waals surface area contributed by atoms with Crippen molar-refractivity contribution in [3.63, 3.8) is 0 Å². The van der Waals surface area contributed by atoms with Crippen molar-refractivity contribution in [2.24, 2.45) is 0 Å². The molecule has 0 unspecified atom stereocenters. The van der Waals surface area contributed by atoms with Crippen molar-refractivity contribution >= 4 is 11.9 Å². The first-order valence-electron chi connectivity index (χ1n) is 7.87. The van der Waals surface area contributed by atoms with Gasteiger partial charge in [0.05, 0.1) is 0 Å². The number of hydrogen-bond donors (Lipinski definition) is 0. The van der Waals surface area contributed by atoms with Crippen LogP contribution in [0, 0.1) is 0 Å². The zero-order chi connectivity index (χ0) is 14.7. The molecule has 0 aliphatic carbocycles. The third-order valence-corrected chi connectivity index (χ3v) is 4.36. The molecule has 0 atom stereocenters. The fourth-order valence-electron chi connectivity index (χ4n) is 2.97. The number of rotatable bonds is 3. The van der Waals surface area contributed by atoms with Crippen LogP contribution >= 0.6 is 0 Å². The van der Waals surface area contributed by atoms with E-state index in [2.05, 4.69) is 26.7 Å². The fourth-order valence-corrected chi connectivity index (χ4v) is 2.97. The number of amides is 1. The normalized spacial score (nSPS) is 20.0. The Kier molecular flexibility index (Phi) is 4.34. The first-order valence-corrected chi connectivity index (χ1v) is 7.87. The Bertz CT molecular complexity index is 493. The number of carbonyl (C=O) groups excluding carboxylic acids is 1. The van der Waals surface area contributed by atoms with Crippen LogP contribution in [0.3, 0.4) is 0 Å². The van der Waals surface area contributed by atoms with Gasteiger partial charge in [0.1, 0.15) is 5.69 Å². The molecule has 0 aromatic carbocycles. The van der Waals surface area contributed by atoms with Gasteiger partial charge in [0, 0.05) is 45.5 Å². The summed E-state index contributed by atoms with van der Waals surface area (Å²) in [5.74, 6) is 0.735. The van der Waals surface area contributed by atoms with Crippen LogP contribution in [0.15, 0.2) is 12.3 Å². The molecule has 2 fully saturated rings. The summed E-state index contributed by atoms with van der Waals surface area (Å²) >= 11 is 0. The van der Waals surface area contributed by atoms with E-state index >= 15 is 0 Å². The molecule has 6 heteroatoms. The molecule has 1 aromatic heterocycles. The summed E-state index contributed by atoms with van der Waals surface area (Å²) in [6.07, 6.45) is 3.91. The van der Waals surface area contributed by atoms with Gasteiger partial charge in [0.15, 0.2) is 0 Å². The van der Waals surface area contributed by atoms with Crippen LogP contribution < -0.4 is 4.90 Å². The minimum Gasteiger partial charge on any atom is -0.338 e. The summed E-state index contributed by atoms with van der Waals surface area (Å²) in [5.41, 5.74) is 0.528. The zero-order valence-electron chi connectivity index (χ0n) is 12.7. The van der Waals surface area contributed by atoms with E-state index < -0.39 is 0 Å². The van der Waals surface area contributed by atoms with E-state index in [4.69, 9.17) is 0 Å². The van der Waals surface area contributed by atoms with E-state index in [1.165, 1.54) is 0 Å². The maximum absolute atomic E-state index is 12.4. The standard InChI is InChI=1S/C15H23N5O/c1-2-18-9-11-20(12-10-18)15-16-6-5-13(17-15)14(21)19-7-3-4-8-19/h5-6H,2-4,7-12H2,1H3. The topological polar surface area (TPSA) is 52.6 Å². The quantitative estimate of drug-likeness (QED) is 0.826. The second-order valence-electron chi connectivity index (χ2n) is 5.66. The lowest BCUT2D eigenvalue weighted by atomic mass is 10.3. The molecule has 0 spiro atoms. The maximum atomic E-state index is 12.4. The molecule has 6 nitrogen and oxygen atoms in total. The molecule has 3 heterocycles. The Morgan fingerprint density at radius 3 is 2.52 bits per heavy atom. The number of nitrogens with zero attached hydrogens (tertiary/aromatic N) is 5. The largest absolute Gasteiger partial charge is 0.338 e. The SMILES string of the molecule is CCN1CCN(c2nccc(C(=O)N3CCCC3)n2)CC1. The highest BCUT2D eigenvalue weighted by Crippen LogP contribution is 2.15. The highest BCUT2D eigenvalue weighted by atomic mass is 16.2. The third-order valence-electron chi connectivity index (χ3n) is 4.36. The molecule has 2 aliphatic heterocycles.